The molecule has 0 radical (unpaired) electrons. The Hall–Kier alpha value is -2.37. The van der Waals surface area contributed by atoms with Crippen LogP contribution in [0.3, 0.4) is 0 Å². The lowest BCUT2D eigenvalue weighted by Crippen LogP contribution is -2.59. The van der Waals surface area contributed by atoms with Crippen LogP contribution >= 0.6 is 0 Å². The van der Waals surface area contributed by atoms with Crippen molar-refractivity contribution in [2.24, 2.45) is 11.8 Å². The van der Waals surface area contributed by atoms with E-state index >= 15 is 0 Å². The molecule has 1 aromatic carbocycles. The van der Waals surface area contributed by atoms with Gasteiger partial charge in [-0.1, -0.05) is 25.0 Å². The second kappa shape index (κ2) is 8.11. The fraction of sp³-hybridized carbons (Fsp3) is 0.571. The third-order valence-electron chi connectivity index (χ3n) is 6.27. The van der Waals surface area contributed by atoms with E-state index in [-0.39, 0.29) is 11.9 Å². The molecule has 2 aromatic rings. The van der Waals surface area contributed by atoms with E-state index < -0.39 is 0 Å². The van der Waals surface area contributed by atoms with E-state index in [1.807, 2.05) is 12.1 Å². The molecule has 2 saturated carbocycles. The number of carbonyl (C=O) groups excluding carboxylic acids is 1. The highest BCUT2D eigenvalue weighted by molar-refractivity contribution is 5.76. The van der Waals surface area contributed by atoms with Gasteiger partial charge in [0.2, 0.25) is 5.91 Å². The predicted octanol–water partition coefficient (Wildman–Crippen LogP) is 3.16. The third-order valence-corrected chi connectivity index (χ3v) is 6.27. The van der Waals surface area contributed by atoms with Crippen LogP contribution in [0.15, 0.2) is 36.9 Å². The summed E-state index contributed by atoms with van der Waals surface area (Å²) in [5.41, 5.74) is 1.33. The van der Waals surface area contributed by atoms with Gasteiger partial charge in [-0.25, -0.2) is 4.98 Å². The topological polar surface area (TPSA) is 69.0 Å². The Morgan fingerprint density at radius 1 is 1.22 bits per heavy atom. The average molecular weight is 368 g/mol. The normalized spacial score (nSPS) is 26.7. The molecule has 1 heterocycles. The van der Waals surface area contributed by atoms with Crippen molar-refractivity contribution in [1.29, 1.82) is 0 Å². The number of aryl methyl sites for hydroxylation is 1. The van der Waals surface area contributed by atoms with Crippen LogP contribution in [0.4, 0.5) is 0 Å². The van der Waals surface area contributed by atoms with Gasteiger partial charge in [-0.15, -0.1) is 0 Å². The van der Waals surface area contributed by atoms with E-state index in [4.69, 9.17) is 4.74 Å². The van der Waals surface area contributed by atoms with Crippen LogP contribution in [-0.4, -0.2) is 33.8 Å². The van der Waals surface area contributed by atoms with E-state index in [0.717, 1.165) is 18.7 Å². The van der Waals surface area contributed by atoms with Gasteiger partial charge in [0, 0.05) is 24.9 Å². The average Bonchev–Trinajstić information content (AvgIpc) is 3.20. The molecule has 2 unspecified atom stereocenters. The number of nitrogens with one attached hydrogen (secondary N) is 1. The lowest BCUT2D eigenvalue weighted by Gasteiger charge is -2.55. The first-order valence-electron chi connectivity index (χ1n) is 10.0. The number of carbonyl (C=O) groups is 1. The standard InChI is InChI=1S/C21H28N4O2/c1-27-16-10-8-15(9-11-16)20-17-5-2-3-6-18(17)21(20)24-19(26)7-4-12-25-14-22-13-23-25/h8-11,13-14,17-18,20-21H,2-7,12H2,1H3,(H,24,26)/t17?,18?,20-,21-/m0/s1. The quantitative estimate of drug-likeness (QED) is 0.815. The fourth-order valence-corrected chi connectivity index (χ4v) is 4.95. The van der Waals surface area contributed by atoms with Crippen molar-refractivity contribution in [3.8, 4) is 5.75 Å². The molecule has 2 fully saturated rings. The van der Waals surface area contributed by atoms with Crippen LogP contribution in [-0.2, 0) is 11.3 Å². The van der Waals surface area contributed by atoms with Crippen molar-refractivity contribution in [2.75, 3.05) is 7.11 Å². The monoisotopic (exact) mass is 368 g/mol. The highest BCUT2D eigenvalue weighted by atomic mass is 16.5. The van der Waals surface area contributed by atoms with Gasteiger partial charge in [0.25, 0.3) is 0 Å². The molecule has 4 atom stereocenters. The molecular formula is C21H28N4O2. The Kier molecular flexibility index (Phi) is 5.41. The van der Waals surface area contributed by atoms with Gasteiger partial charge < -0.3 is 10.1 Å². The summed E-state index contributed by atoms with van der Waals surface area (Å²) in [6, 6.07) is 8.66. The number of methoxy groups -OCH3 is 1. The molecule has 6 nitrogen and oxygen atoms in total. The maximum absolute atomic E-state index is 12.6. The Morgan fingerprint density at radius 3 is 2.70 bits per heavy atom. The summed E-state index contributed by atoms with van der Waals surface area (Å²) >= 11 is 0. The van der Waals surface area contributed by atoms with Crippen LogP contribution in [0.5, 0.6) is 5.75 Å². The predicted molar refractivity (Wildman–Crippen MR) is 102 cm³/mol. The van der Waals surface area contributed by atoms with E-state index in [0.29, 0.717) is 24.2 Å². The van der Waals surface area contributed by atoms with Crippen LogP contribution < -0.4 is 10.1 Å². The summed E-state index contributed by atoms with van der Waals surface area (Å²) < 4.78 is 7.06. The molecule has 0 bridgehead atoms. The Labute approximate surface area is 160 Å². The zero-order valence-electron chi connectivity index (χ0n) is 15.9. The summed E-state index contributed by atoms with van der Waals surface area (Å²) in [7, 11) is 1.69. The number of hydrogen-bond acceptors (Lipinski definition) is 4. The SMILES string of the molecule is COc1ccc([C@H]2C3CCCCC3[C@@H]2NC(=O)CCCn2cncn2)cc1. The van der Waals surface area contributed by atoms with Crippen LogP contribution in [0.25, 0.3) is 0 Å². The zero-order valence-corrected chi connectivity index (χ0v) is 15.9. The van der Waals surface area contributed by atoms with Crippen molar-refractivity contribution in [3.63, 3.8) is 0 Å². The summed E-state index contributed by atoms with van der Waals surface area (Å²) in [5.74, 6) is 2.80. The number of benzene rings is 1. The first kappa shape index (κ1) is 18.0. The number of aromatic nitrogens is 3. The third kappa shape index (κ3) is 3.84. The first-order valence-corrected chi connectivity index (χ1v) is 10.0. The van der Waals surface area contributed by atoms with Crippen molar-refractivity contribution >= 4 is 5.91 Å². The number of hydrogen-bond donors (Lipinski definition) is 1. The minimum absolute atomic E-state index is 0.155. The summed E-state index contributed by atoms with van der Waals surface area (Å²) in [6.07, 6.45) is 9.64. The molecule has 27 heavy (non-hydrogen) atoms. The Morgan fingerprint density at radius 2 is 2.00 bits per heavy atom. The molecule has 4 rings (SSSR count). The van der Waals surface area contributed by atoms with Gasteiger partial charge in [0.15, 0.2) is 0 Å². The smallest absolute Gasteiger partial charge is 0.220 e. The van der Waals surface area contributed by atoms with E-state index in [1.54, 1.807) is 18.1 Å². The number of ether oxygens (including phenoxy) is 1. The molecule has 1 amide bonds. The highest BCUT2D eigenvalue weighted by Gasteiger charge is 2.51. The second-order valence-electron chi connectivity index (χ2n) is 7.77. The number of fused-ring (bicyclic) bond motifs is 1. The largest absolute Gasteiger partial charge is 0.497 e. The summed E-state index contributed by atoms with van der Waals surface area (Å²) in [5, 5.41) is 7.44. The molecular weight excluding hydrogens is 340 g/mol. The van der Waals surface area contributed by atoms with Crippen LogP contribution in [0, 0.1) is 11.8 Å². The van der Waals surface area contributed by atoms with Crippen molar-refractivity contribution in [2.45, 2.75) is 57.0 Å². The van der Waals surface area contributed by atoms with Crippen LogP contribution in [0.2, 0.25) is 0 Å². The lowest BCUT2D eigenvalue weighted by atomic mass is 9.53. The molecule has 144 valence electrons. The highest BCUT2D eigenvalue weighted by Crippen LogP contribution is 2.54. The Bertz CT molecular complexity index is 744. The number of rotatable bonds is 7. The molecule has 2 aliphatic rings. The molecule has 1 aromatic heterocycles. The summed E-state index contributed by atoms with van der Waals surface area (Å²) in [4.78, 5) is 16.5. The molecule has 0 saturated heterocycles. The molecule has 0 spiro atoms. The van der Waals surface area contributed by atoms with Gasteiger partial charge in [0.1, 0.15) is 18.4 Å². The molecule has 1 N–H and O–H groups in total. The maximum Gasteiger partial charge on any atom is 0.220 e. The van der Waals surface area contributed by atoms with Crippen molar-refractivity contribution in [3.05, 3.63) is 42.5 Å². The number of nitrogens with zero attached hydrogens (tertiary/aromatic N) is 3. The van der Waals surface area contributed by atoms with Gasteiger partial charge in [-0.3, -0.25) is 9.48 Å². The van der Waals surface area contributed by atoms with E-state index in [9.17, 15) is 4.79 Å². The van der Waals surface area contributed by atoms with Gasteiger partial charge in [-0.05, 0) is 48.8 Å². The van der Waals surface area contributed by atoms with Crippen molar-refractivity contribution in [1.82, 2.24) is 20.1 Å². The molecule has 2 aliphatic carbocycles. The van der Waals surface area contributed by atoms with Gasteiger partial charge in [0.05, 0.1) is 7.11 Å². The summed E-state index contributed by atoms with van der Waals surface area (Å²) in [6.45, 7) is 0.728. The van der Waals surface area contributed by atoms with Crippen LogP contribution in [0.1, 0.15) is 50.0 Å². The van der Waals surface area contributed by atoms with Crippen molar-refractivity contribution < 1.29 is 9.53 Å². The lowest BCUT2D eigenvalue weighted by molar-refractivity contribution is -0.125. The minimum Gasteiger partial charge on any atom is -0.497 e. The Balaban J connectivity index is 1.38. The molecule has 6 heteroatoms. The first-order chi connectivity index (χ1) is 13.3. The van der Waals surface area contributed by atoms with Gasteiger partial charge >= 0.3 is 0 Å². The zero-order chi connectivity index (χ0) is 18.6. The fourth-order valence-electron chi connectivity index (χ4n) is 4.95. The van der Waals surface area contributed by atoms with Gasteiger partial charge in [-0.2, -0.15) is 5.10 Å². The number of amides is 1. The van der Waals surface area contributed by atoms with E-state index in [2.05, 4.69) is 27.5 Å². The minimum atomic E-state index is 0.155. The second-order valence-corrected chi connectivity index (χ2v) is 7.77. The maximum atomic E-state index is 12.6. The molecule has 0 aliphatic heterocycles. The van der Waals surface area contributed by atoms with E-state index in [1.165, 1.54) is 37.6 Å².